The van der Waals surface area contributed by atoms with E-state index < -0.39 is 0 Å². The SMILES string of the molecule is Clc1nc2cc3c(cc2nc1N1CCOCC1)OCCO3. The Morgan fingerprint density at radius 3 is 2.19 bits per heavy atom. The van der Waals surface area contributed by atoms with E-state index in [4.69, 9.17) is 25.8 Å². The van der Waals surface area contributed by atoms with Gasteiger partial charge in [-0.15, -0.1) is 0 Å². The molecule has 2 aliphatic heterocycles. The summed E-state index contributed by atoms with van der Waals surface area (Å²) in [6.07, 6.45) is 0. The predicted molar refractivity (Wildman–Crippen MR) is 78.6 cm³/mol. The first kappa shape index (κ1) is 12.9. The number of fused-ring (bicyclic) bond motifs is 2. The van der Waals surface area contributed by atoms with E-state index >= 15 is 0 Å². The molecular weight excluding hydrogens is 294 g/mol. The van der Waals surface area contributed by atoms with Crippen molar-refractivity contribution in [2.24, 2.45) is 0 Å². The monoisotopic (exact) mass is 307 g/mol. The average Bonchev–Trinajstić information content (AvgIpc) is 2.53. The minimum absolute atomic E-state index is 0.404. The Morgan fingerprint density at radius 1 is 0.905 bits per heavy atom. The molecule has 3 heterocycles. The first-order valence-corrected chi connectivity index (χ1v) is 7.29. The molecule has 2 aliphatic rings. The van der Waals surface area contributed by atoms with Crippen LogP contribution < -0.4 is 14.4 Å². The minimum Gasteiger partial charge on any atom is -0.486 e. The van der Waals surface area contributed by atoms with Gasteiger partial charge in [0.2, 0.25) is 0 Å². The maximum absolute atomic E-state index is 6.29. The molecule has 1 fully saturated rings. The van der Waals surface area contributed by atoms with E-state index in [1.165, 1.54) is 0 Å². The van der Waals surface area contributed by atoms with Crippen molar-refractivity contribution in [1.29, 1.82) is 0 Å². The molecule has 0 bridgehead atoms. The van der Waals surface area contributed by atoms with Crippen LogP contribution in [0.5, 0.6) is 11.5 Å². The molecule has 1 saturated heterocycles. The van der Waals surface area contributed by atoms with E-state index in [0.717, 1.165) is 18.6 Å². The summed E-state index contributed by atoms with van der Waals surface area (Å²) in [5.74, 6) is 2.10. The van der Waals surface area contributed by atoms with Gasteiger partial charge in [-0.3, -0.25) is 0 Å². The highest BCUT2D eigenvalue weighted by atomic mass is 35.5. The lowest BCUT2D eigenvalue weighted by molar-refractivity contribution is 0.122. The van der Waals surface area contributed by atoms with Crippen LogP contribution in [-0.4, -0.2) is 49.5 Å². The van der Waals surface area contributed by atoms with Gasteiger partial charge in [-0.2, -0.15) is 0 Å². The first-order valence-electron chi connectivity index (χ1n) is 6.91. The van der Waals surface area contributed by atoms with Crippen molar-refractivity contribution in [2.45, 2.75) is 0 Å². The fraction of sp³-hybridized carbons (Fsp3) is 0.429. The Balaban J connectivity index is 1.80. The molecular formula is C14H14ClN3O3. The lowest BCUT2D eigenvalue weighted by atomic mass is 10.2. The molecule has 6 nitrogen and oxygen atoms in total. The van der Waals surface area contributed by atoms with Crippen molar-refractivity contribution in [3.63, 3.8) is 0 Å². The number of rotatable bonds is 1. The van der Waals surface area contributed by atoms with Gasteiger partial charge in [-0.1, -0.05) is 11.6 Å². The second-order valence-corrected chi connectivity index (χ2v) is 5.28. The molecule has 1 aromatic carbocycles. The van der Waals surface area contributed by atoms with Crippen molar-refractivity contribution >= 4 is 28.5 Å². The van der Waals surface area contributed by atoms with Gasteiger partial charge in [0, 0.05) is 25.2 Å². The van der Waals surface area contributed by atoms with Crippen molar-refractivity contribution in [1.82, 2.24) is 9.97 Å². The number of ether oxygens (including phenoxy) is 3. The Hall–Kier alpha value is -1.79. The molecule has 21 heavy (non-hydrogen) atoms. The number of hydrogen-bond donors (Lipinski definition) is 0. The van der Waals surface area contributed by atoms with Crippen LogP contribution in [0.2, 0.25) is 5.15 Å². The zero-order valence-electron chi connectivity index (χ0n) is 11.3. The molecule has 0 aliphatic carbocycles. The van der Waals surface area contributed by atoms with Gasteiger partial charge in [0.1, 0.15) is 13.2 Å². The van der Waals surface area contributed by atoms with E-state index in [2.05, 4.69) is 14.9 Å². The largest absolute Gasteiger partial charge is 0.486 e. The molecule has 0 unspecified atom stereocenters. The van der Waals surface area contributed by atoms with Gasteiger partial charge < -0.3 is 19.1 Å². The molecule has 2 aromatic rings. The zero-order valence-corrected chi connectivity index (χ0v) is 12.1. The van der Waals surface area contributed by atoms with Crippen molar-refractivity contribution in [3.05, 3.63) is 17.3 Å². The third kappa shape index (κ3) is 2.34. The molecule has 110 valence electrons. The molecule has 0 saturated carbocycles. The molecule has 1 aromatic heterocycles. The molecule has 0 spiro atoms. The van der Waals surface area contributed by atoms with E-state index in [0.29, 0.717) is 54.4 Å². The van der Waals surface area contributed by atoms with E-state index in [9.17, 15) is 0 Å². The number of hydrogen-bond acceptors (Lipinski definition) is 6. The quantitative estimate of drug-likeness (QED) is 0.802. The van der Waals surface area contributed by atoms with Crippen molar-refractivity contribution < 1.29 is 14.2 Å². The van der Waals surface area contributed by atoms with Crippen LogP contribution in [0.25, 0.3) is 11.0 Å². The highest BCUT2D eigenvalue weighted by Crippen LogP contribution is 2.35. The smallest absolute Gasteiger partial charge is 0.172 e. The van der Waals surface area contributed by atoms with Gasteiger partial charge in [0.25, 0.3) is 0 Å². The van der Waals surface area contributed by atoms with Crippen molar-refractivity contribution in [3.8, 4) is 11.5 Å². The number of benzene rings is 1. The topological polar surface area (TPSA) is 56.7 Å². The van der Waals surface area contributed by atoms with Crippen LogP contribution in [0.3, 0.4) is 0 Å². The summed E-state index contributed by atoms with van der Waals surface area (Å²) in [6, 6.07) is 3.68. The van der Waals surface area contributed by atoms with Gasteiger partial charge in [0.15, 0.2) is 22.5 Å². The fourth-order valence-electron chi connectivity index (χ4n) is 2.54. The van der Waals surface area contributed by atoms with E-state index in [1.807, 2.05) is 12.1 Å². The minimum atomic E-state index is 0.404. The third-order valence-electron chi connectivity index (χ3n) is 3.58. The van der Waals surface area contributed by atoms with Crippen molar-refractivity contribution in [2.75, 3.05) is 44.4 Å². The summed E-state index contributed by atoms with van der Waals surface area (Å²) >= 11 is 6.29. The second kappa shape index (κ2) is 5.20. The Labute approximate surface area is 126 Å². The highest BCUT2D eigenvalue weighted by Gasteiger charge is 2.20. The van der Waals surface area contributed by atoms with Gasteiger partial charge in [0.05, 0.1) is 24.2 Å². The van der Waals surface area contributed by atoms with Gasteiger partial charge in [-0.05, 0) is 0 Å². The van der Waals surface area contributed by atoms with E-state index in [1.54, 1.807) is 0 Å². The predicted octanol–water partition coefficient (Wildman–Crippen LogP) is 1.89. The Bertz CT molecular complexity index is 689. The second-order valence-electron chi connectivity index (χ2n) is 4.92. The average molecular weight is 308 g/mol. The summed E-state index contributed by atoms with van der Waals surface area (Å²) in [5.41, 5.74) is 1.46. The molecule has 0 atom stereocenters. The highest BCUT2D eigenvalue weighted by molar-refractivity contribution is 6.32. The maximum Gasteiger partial charge on any atom is 0.172 e. The normalized spacial score (nSPS) is 18.0. The fourth-order valence-corrected chi connectivity index (χ4v) is 2.79. The maximum atomic E-state index is 6.29. The van der Waals surface area contributed by atoms with Crippen LogP contribution >= 0.6 is 11.6 Å². The van der Waals surface area contributed by atoms with Crippen LogP contribution in [0.15, 0.2) is 12.1 Å². The van der Waals surface area contributed by atoms with Crippen LogP contribution in [0.4, 0.5) is 5.82 Å². The third-order valence-corrected chi connectivity index (χ3v) is 3.83. The summed E-state index contributed by atoms with van der Waals surface area (Å²) < 4.78 is 16.5. The lowest BCUT2D eigenvalue weighted by Gasteiger charge is -2.28. The summed E-state index contributed by atoms with van der Waals surface area (Å²) in [4.78, 5) is 11.2. The van der Waals surface area contributed by atoms with Crippen LogP contribution in [-0.2, 0) is 4.74 Å². The Kier molecular flexibility index (Phi) is 3.20. The first-order chi connectivity index (χ1) is 10.3. The number of nitrogens with zero attached hydrogens (tertiary/aromatic N) is 3. The molecule has 0 radical (unpaired) electrons. The molecule has 7 heteroatoms. The van der Waals surface area contributed by atoms with Gasteiger partial charge in [-0.25, -0.2) is 9.97 Å². The van der Waals surface area contributed by atoms with Crippen LogP contribution in [0, 0.1) is 0 Å². The zero-order chi connectivity index (χ0) is 14.2. The molecule has 0 amide bonds. The number of aromatic nitrogens is 2. The number of halogens is 1. The van der Waals surface area contributed by atoms with E-state index in [-0.39, 0.29) is 0 Å². The summed E-state index contributed by atoms with van der Waals surface area (Å²) in [5, 5.41) is 0.404. The Morgan fingerprint density at radius 2 is 1.52 bits per heavy atom. The molecule has 4 rings (SSSR count). The summed E-state index contributed by atoms with van der Waals surface area (Å²) in [7, 11) is 0. The van der Waals surface area contributed by atoms with Crippen LogP contribution in [0.1, 0.15) is 0 Å². The molecule has 0 N–H and O–H groups in total. The standard InChI is InChI=1S/C14H14ClN3O3/c15-13-14(18-1-3-19-4-2-18)17-10-8-12-11(7-9(10)16-13)20-5-6-21-12/h7-8H,1-6H2. The summed E-state index contributed by atoms with van der Waals surface area (Å²) in [6.45, 7) is 3.99. The number of morpholine rings is 1. The van der Waals surface area contributed by atoms with Gasteiger partial charge >= 0.3 is 0 Å². The lowest BCUT2D eigenvalue weighted by Crippen LogP contribution is -2.37. The number of anilines is 1.